The number of hydrogen-bond donors (Lipinski definition) is 1. The molecule has 0 unspecified atom stereocenters. The molecule has 0 saturated carbocycles. The minimum absolute atomic E-state index is 0.674. The Morgan fingerprint density at radius 2 is 2.29 bits per heavy atom. The lowest BCUT2D eigenvalue weighted by molar-refractivity contribution is 0.482. The van der Waals surface area contributed by atoms with Gasteiger partial charge in [0.15, 0.2) is 0 Å². The SMILES string of the molecule is CC=CCSc1nnnn1CCNCC(C)C. The van der Waals surface area contributed by atoms with E-state index in [1.54, 1.807) is 11.8 Å². The van der Waals surface area contributed by atoms with Gasteiger partial charge in [0.2, 0.25) is 5.16 Å². The summed E-state index contributed by atoms with van der Waals surface area (Å²) < 4.78 is 1.85. The second kappa shape index (κ2) is 8.25. The Balaban J connectivity index is 2.30. The van der Waals surface area contributed by atoms with Crippen LogP contribution >= 0.6 is 11.8 Å². The van der Waals surface area contributed by atoms with E-state index in [-0.39, 0.29) is 0 Å². The van der Waals surface area contributed by atoms with Gasteiger partial charge in [-0.3, -0.25) is 0 Å². The van der Waals surface area contributed by atoms with Crippen molar-refractivity contribution in [2.24, 2.45) is 5.92 Å². The van der Waals surface area contributed by atoms with E-state index in [0.717, 1.165) is 30.5 Å². The van der Waals surface area contributed by atoms with Crippen molar-refractivity contribution in [3.05, 3.63) is 12.2 Å². The number of tetrazole rings is 1. The highest BCUT2D eigenvalue weighted by atomic mass is 32.2. The Kier molecular flexibility index (Phi) is 6.88. The molecule has 1 aromatic heterocycles. The summed E-state index contributed by atoms with van der Waals surface area (Å²) in [5.41, 5.74) is 0. The fraction of sp³-hybridized carbons (Fsp3) is 0.727. The van der Waals surface area contributed by atoms with Crippen molar-refractivity contribution in [1.29, 1.82) is 0 Å². The Bertz CT molecular complexity index is 334. The summed E-state index contributed by atoms with van der Waals surface area (Å²) in [6.07, 6.45) is 4.13. The molecule has 0 bridgehead atoms. The smallest absolute Gasteiger partial charge is 0.209 e. The van der Waals surface area contributed by atoms with Gasteiger partial charge in [-0.25, -0.2) is 4.68 Å². The molecule has 0 atom stereocenters. The van der Waals surface area contributed by atoms with Crippen LogP contribution in [0.2, 0.25) is 0 Å². The molecule has 1 heterocycles. The number of aromatic nitrogens is 4. The molecule has 17 heavy (non-hydrogen) atoms. The molecule has 0 radical (unpaired) electrons. The lowest BCUT2D eigenvalue weighted by Gasteiger charge is -2.07. The van der Waals surface area contributed by atoms with Gasteiger partial charge < -0.3 is 5.32 Å². The van der Waals surface area contributed by atoms with Gasteiger partial charge in [-0.1, -0.05) is 37.8 Å². The first-order valence-corrected chi connectivity index (χ1v) is 6.93. The van der Waals surface area contributed by atoms with Crippen LogP contribution in [0.5, 0.6) is 0 Å². The Labute approximate surface area is 107 Å². The number of thioether (sulfide) groups is 1. The Hall–Kier alpha value is -0.880. The predicted molar refractivity (Wildman–Crippen MR) is 71.1 cm³/mol. The fourth-order valence-electron chi connectivity index (χ4n) is 1.23. The molecule has 1 N–H and O–H groups in total. The van der Waals surface area contributed by atoms with Crippen molar-refractivity contribution >= 4 is 11.8 Å². The molecule has 1 rings (SSSR count). The fourth-order valence-corrected chi connectivity index (χ4v) is 2.04. The van der Waals surface area contributed by atoms with Crippen LogP contribution in [-0.2, 0) is 6.54 Å². The average molecular weight is 255 g/mol. The lowest BCUT2D eigenvalue weighted by Crippen LogP contribution is -2.24. The van der Waals surface area contributed by atoms with Crippen LogP contribution in [0.1, 0.15) is 20.8 Å². The molecule has 6 heteroatoms. The van der Waals surface area contributed by atoms with E-state index >= 15 is 0 Å². The van der Waals surface area contributed by atoms with Crippen LogP contribution < -0.4 is 5.32 Å². The maximum Gasteiger partial charge on any atom is 0.209 e. The number of nitrogens with zero attached hydrogens (tertiary/aromatic N) is 4. The van der Waals surface area contributed by atoms with Crippen LogP contribution in [0, 0.1) is 5.92 Å². The van der Waals surface area contributed by atoms with Crippen molar-refractivity contribution in [3.8, 4) is 0 Å². The van der Waals surface area contributed by atoms with Gasteiger partial charge in [-0.2, -0.15) is 0 Å². The van der Waals surface area contributed by atoms with Crippen LogP contribution in [0.3, 0.4) is 0 Å². The molecular formula is C11H21N5S. The molecule has 1 aromatic rings. The van der Waals surface area contributed by atoms with Gasteiger partial charge in [0.05, 0.1) is 6.54 Å². The summed E-state index contributed by atoms with van der Waals surface area (Å²) in [6, 6.07) is 0. The highest BCUT2D eigenvalue weighted by Gasteiger charge is 2.04. The monoisotopic (exact) mass is 255 g/mol. The van der Waals surface area contributed by atoms with Crippen LogP contribution in [0.15, 0.2) is 17.3 Å². The van der Waals surface area contributed by atoms with E-state index in [9.17, 15) is 0 Å². The molecule has 0 spiro atoms. The molecule has 0 aliphatic rings. The first-order valence-electron chi connectivity index (χ1n) is 5.95. The minimum Gasteiger partial charge on any atom is -0.315 e. The van der Waals surface area contributed by atoms with Gasteiger partial charge in [0.25, 0.3) is 0 Å². The molecule has 0 fully saturated rings. The second-order valence-corrected chi connectivity index (χ2v) is 5.15. The van der Waals surface area contributed by atoms with E-state index in [1.807, 2.05) is 17.7 Å². The second-order valence-electron chi connectivity index (χ2n) is 4.16. The van der Waals surface area contributed by atoms with E-state index in [4.69, 9.17) is 0 Å². The van der Waals surface area contributed by atoms with Crippen LogP contribution in [0.25, 0.3) is 0 Å². The summed E-state index contributed by atoms with van der Waals surface area (Å²) in [5.74, 6) is 1.59. The third-order valence-corrected chi connectivity index (χ3v) is 3.01. The molecule has 0 aliphatic carbocycles. The maximum absolute atomic E-state index is 4.00. The van der Waals surface area contributed by atoms with Crippen molar-refractivity contribution in [2.75, 3.05) is 18.8 Å². The van der Waals surface area contributed by atoms with Crippen molar-refractivity contribution in [2.45, 2.75) is 32.5 Å². The number of allylic oxidation sites excluding steroid dienone is 1. The lowest BCUT2D eigenvalue weighted by atomic mass is 10.2. The van der Waals surface area contributed by atoms with E-state index < -0.39 is 0 Å². The number of nitrogens with one attached hydrogen (secondary N) is 1. The highest BCUT2D eigenvalue weighted by Crippen LogP contribution is 2.12. The van der Waals surface area contributed by atoms with Gasteiger partial charge in [-0.05, 0) is 29.8 Å². The maximum atomic E-state index is 4.00. The van der Waals surface area contributed by atoms with Crippen molar-refractivity contribution in [3.63, 3.8) is 0 Å². The van der Waals surface area contributed by atoms with Gasteiger partial charge in [0.1, 0.15) is 0 Å². The summed E-state index contributed by atoms with van der Waals surface area (Å²) in [5, 5.41) is 16.0. The average Bonchev–Trinajstić information content (AvgIpc) is 2.72. The molecule has 96 valence electrons. The van der Waals surface area contributed by atoms with E-state index in [0.29, 0.717) is 5.92 Å². The largest absolute Gasteiger partial charge is 0.315 e. The van der Waals surface area contributed by atoms with Crippen molar-refractivity contribution in [1.82, 2.24) is 25.5 Å². The summed E-state index contributed by atoms with van der Waals surface area (Å²) in [7, 11) is 0. The summed E-state index contributed by atoms with van der Waals surface area (Å²) in [4.78, 5) is 0. The third-order valence-electron chi connectivity index (χ3n) is 2.10. The molecule has 0 amide bonds. The van der Waals surface area contributed by atoms with Crippen LogP contribution in [-0.4, -0.2) is 39.0 Å². The van der Waals surface area contributed by atoms with Crippen molar-refractivity contribution < 1.29 is 0 Å². The topological polar surface area (TPSA) is 55.6 Å². The quantitative estimate of drug-likeness (QED) is 0.434. The summed E-state index contributed by atoms with van der Waals surface area (Å²) in [6.45, 7) is 9.16. The number of hydrogen-bond acceptors (Lipinski definition) is 5. The first kappa shape index (κ1) is 14.2. The zero-order valence-electron chi connectivity index (χ0n) is 10.8. The van der Waals surface area contributed by atoms with Gasteiger partial charge in [-0.15, -0.1) is 5.10 Å². The Morgan fingerprint density at radius 3 is 3.00 bits per heavy atom. The standard InChI is InChI=1S/C11H21N5S/c1-4-5-8-17-11-13-14-15-16(11)7-6-12-9-10(2)3/h4-5,10,12H,6-9H2,1-3H3. The number of rotatable bonds is 8. The zero-order valence-corrected chi connectivity index (χ0v) is 11.6. The highest BCUT2D eigenvalue weighted by molar-refractivity contribution is 7.99. The van der Waals surface area contributed by atoms with E-state index in [2.05, 4.69) is 40.8 Å². The molecule has 0 aliphatic heterocycles. The minimum atomic E-state index is 0.674. The predicted octanol–water partition coefficient (Wildman–Crippen LogP) is 1.59. The first-order chi connectivity index (χ1) is 8.24. The van der Waals surface area contributed by atoms with E-state index in [1.165, 1.54) is 0 Å². The molecule has 0 aromatic carbocycles. The van der Waals surface area contributed by atoms with Gasteiger partial charge >= 0.3 is 0 Å². The normalized spacial score (nSPS) is 11.8. The van der Waals surface area contributed by atoms with Crippen LogP contribution in [0.4, 0.5) is 0 Å². The summed E-state index contributed by atoms with van der Waals surface area (Å²) >= 11 is 1.65. The zero-order chi connectivity index (χ0) is 12.5. The molecule has 0 saturated heterocycles. The Morgan fingerprint density at radius 1 is 1.47 bits per heavy atom. The third kappa shape index (κ3) is 5.83. The molecular weight excluding hydrogens is 234 g/mol. The molecule has 5 nitrogen and oxygen atoms in total. The van der Waals surface area contributed by atoms with Gasteiger partial charge in [0, 0.05) is 12.3 Å².